The second-order valence-electron chi connectivity index (χ2n) is 7.20. The molecule has 0 saturated heterocycles. The van der Waals surface area contributed by atoms with Gasteiger partial charge in [-0.2, -0.15) is 0 Å². The van der Waals surface area contributed by atoms with Crippen molar-refractivity contribution < 1.29 is 0 Å². The van der Waals surface area contributed by atoms with E-state index < -0.39 is 0 Å². The summed E-state index contributed by atoms with van der Waals surface area (Å²) in [6.07, 6.45) is 3.38. The lowest BCUT2D eigenvalue weighted by molar-refractivity contribution is 1.03. The molecule has 0 aliphatic rings. The van der Waals surface area contributed by atoms with Crippen LogP contribution in [0.15, 0.2) is 76.6 Å². The zero-order valence-corrected chi connectivity index (χ0v) is 16.7. The average Bonchev–Trinajstić information content (AvgIpc) is 2.71. The van der Waals surface area contributed by atoms with Crippen LogP contribution in [0, 0.1) is 20.8 Å². The van der Waals surface area contributed by atoms with E-state index in [1.54, 1.807) is 16.8 Å². The van der Waals surface area contributed by atoms with Crippen molar-refractivity contribution in [3.8, 4) is 0 Å². The fourth-order valence-electron chi connectivity index (χ4n) is 3.01. The number of nitrogens with one attached hydrogen (secondary N) is 1. The number of rotatable bonds is 4. The summed E-state index contributed by atoms with van der Waals surface area (Å²) in [5.74, 6) is 0.485. The van der Waals surface area contributed by atoms with E-state index in [2.05, 4.69) is 15.3 Å². The largest absolute Gasteiger partial charge is 0.339 e. The van der Waals surface area contributed by atoms with Gasteiger partial charge in [-0.3, -0.25) is 14.2 Å². The predicted octanol–water partition coefficient (Wildman–Crippen LogP) is 5.11. The van der Waals surface area contributed by atoms with Gasteiger partial charge in [-0.25, -0.2) is 4.98 Å². The van der Waals surface area contributed by atoms with Gasteiger partial charge in [0, 0.05) is 18.1 Å². The Hall–Kier alpha value is -3.73. The molecular weight excluding hydrogens is 360 g/mol. The number of hydrogen-bond acceptors (Lipinski definition) is 4. The maximum atomic E-state index is 13.2. The standard InChI is InChI=1S/C24H22N4O/c1-16-4-9-19(10-5-16)25-14-21-23(26-20-11-6-17(2)7-12-20)27-22-13-8-18(3)15-28(22)24(21)29/h4-15,26H,1-3H3. The van der Waals surface area contributed by atoms with Gasteiger partial charge in [-0.1, -0.05) is 41.5 Å². The number of anilines is 2. The maximum absolute atomic E-state index is 13.2. The van der Waals surface area contributed by atoms with E-state index in [4.69, 9.17) is 0 Å². The lowest BCUT2D eigenvalue weighted by Crippen LogP contribution is -2.21. The lowest BCUT2D eigenvalue weighted by Gasteiger charge is -2.11. The van der Waals surface area contributed by atoms with Crippen LogP contribution in [0.3, 0.4) is 0 Å². The van der Waals surface area contributed by atoms with Crippen LogP contribution >= 0.6 is 0 Å². The summed E-state index contributed by atoms with van der Waals surface area (Å²) in [6.45, 7) is 6.01. The second kappa shape index (κ2) is 7.72. The van der Waals surface area contributed by atoms with Crippen LogP contribution in [0.1, 0.15) is 22.3 Å². The van der Waals surface area contributed by atoms with Crippen LogP contribution in [0.25, 0.3) is 5.65 Å². The molecule has 4 aromatic rings. The van der Waals surface area contributed by atoms with Crippen molar-refractivity contribution in [1.82, 2.24) is 9.38 Å². The number of benzene rings is 2. The molecular formula is C24H22N4O. The summed E-state index contributed by atoms with van der Waals surface area (Å²) in [5, 5.41) is 3.28. The molecule has 0 atom stereocenters. The number of pyridine rings is 1. The molecule has 0 aliphatic carbocycles. The lowest BCUT2D eigenvalue weighted by atomic mass is 10.2. The monoisotopic (exact) mass is 382 g/mol. The van der Waals surface area contributed by atoms with Gasteiger partial charge >= 0.3 is 0 Å². The number of aromatic nitrogens is 2. The molecule has 0 spiro atoms. The normalized spacial score (nSPS) is 11.3. The highest BCUT2D eigenvalue weighted by atomic mass is 16.1. The van der Waals surface area contributed by atoms with E-state index in [9.17, 15) is 4.79 Å². The molecule has 2 heterocycles. The Kier molecular flexibility index (Phi) is 4.96. The van der Waals surface area contributed by atoms with E-state index >= 15 is 0 Å². The number of nitrogens with zero attached hydrogens (tertiary/aromatic N) is 3. The van der Waals surface area contributed by atoms with Crippen molar-refractivity contribution in [3.63, 3.8) is 0 Å². The zero-order chi connectivity index (χ0) is 20.4. The minimum absolute atomic E-state index is 0.163. The summed E-state index contributed by atoms with van der Waals surface area (Å²) < 4.78 is 1.56. The van der Waals surface area contributed by atoms with Gasteiger partial charge < -0.3 is 5.32 Å². The quantitative estimate of drug-likeness (QED) is 0.499. The van der Waals surface area contributed by atoms with Gasteiger partial charge in [0.2, 0.25) is 0 Å². The molecule has 0 amide bonds. The summed E-state index contributed by atoms with van der Waals surface area (Å²) >= 11 is 0. The molecule has 4 rings (SSSR count). The number of fused-ring (bicyclic) bond motifs is 1. The van der Waals surface area contributed by atoms with Gasteiger partial charge in [0.05, 0.1) is 5.69 Å². The Morgan fingerprint density at radius 2 is 1.48 bits per heavy atom. The summed E-state index contributed by atoms with van der Waals surface area (Å²) in [6, 6.07) is 19.6. The van der Waals surface area contributed by atoms with Crippen molar-refractivity contribution in [1.29, 1.82) is 0 Å². The first-order chi connectivity index (χ1) is 14.0. The Morgan fingerprint density at radius 1 is 0.862 bits per heavy atom. The first-order valence-electron chi connectivity index (χ1n) is 9.47. The molecule has 0 unspecified atom stereocenters. The third-order valence-corrected chi connectivity index (χ3v) is 4.70. The molecule has 0 saturated carbocycles. The van der Waals surface area contributed by atoms with Crippen LogP contribution in [0.5, 0.6) is 0 Å². The molecule has 144 valence electrons. The van der Waals surface area contributed by atoms with Gasteiger partial charge in [0.1, 0.15) is 17.0 Å². The SMILES string of the molecule is Cc1ccc(N=Cc2c(Nc3ccc(C)cc3)nc3ccc(C)cn3c2=O)cc1. The van der Waals surface area contributed by atoms with Gasteiger partial charge in [0.25, 0.3) is 5.56 Å². The van der Waals surface area contributed by atoms with Crippen molar-refractivity contribution in [2.75, 3.05) is 5.32 Å². The van der Waals surface area contributed by atoms with Crippen LogP contribution < -0.4 is 10.9 Å². The first-order valence-corrected chi connectivity index (χ1v) is 9.47. The highest BCUT2D eigenvalue weighted by Gasteiger charge is 2.12. The topological polar surface area (TPSA) is 58.8 Å². The highest BCUT2D eigenvalue weighted by Crippen LogP contribution is 2.19. The van der Waals surface area contributed by atoms with Crippen molar-refractivity contribution in [2.24, 2.45) is 4.99 Å². The van der Waals surface area contributed by atoms with Crippen LogP contribution in [-0.2, 0) is 0 Å². The van der Waals surface area contributed by atoms with Gasteiger partial charge in [0.15, 0.2) is 0 Å². The molecule has 0 radical (unpaired) electrons. The van der Waals surface area contributed by atoms with E-state index in [0.29, 0.717) is 17.0 Å². The minimum atomic E-state index is -0.163. The van der Waals surface area contributed by atoms with E-state index in [1.165, 1.54) is 5.56 Å². The maximum Gasteiger partial charge on any atom is 0.268 e. The molecule has 1 N–H and O–H groups in total. The van der Waals surface area contributed by atoms with Crippen LogP contribution in [0.4, 0.5) is 17.2 Å². The minimum Gasteiger partial charge on any atom is -0.339 e. The van der Waals surface area contributed by atoms with Gasteiger partial charge in [-0.05, 0) is 56.7 Å². The first kappa shape index (κ1) is 18.6. The summed E-state index contributed by atoms with van der Waals surface area (Å²) in [7, 11) is 0. The number of hydrogen-bond donors (Lipinski definition) is 1. The Labute approximate surface area is 169 Å². The van der Waals surface area contributed by atoms with Crippen molar-refractivity contribution >= 4 is 29.1 Å². The highest BCUT2D eigenvalue weighted by molar-refractivity contribution is 5.89. The Morgan fingerprint density at radius 3 is 2.17 bits per heavy atom. The Balaban J connectivity index is 1.84. The van der Waals surface area contributed by atoms with Crippen LogP contribution in [0.2, 0.25) is 0 Å². The van der Waals surface area contributed by atoms with Crippen molar-refractivity contribution in [2.45, 2.75) is 20.8 Å². The Bertz CT molecular complexity index is 1250. The molecule has 2 aromatic carbocycles. The predicted molar refractivity (Wildman–Crippen MR) is 119 cm³/mol. The molecule has 2 aromatic heterocycles. The third kappa shape index (κ3) is 4.09. The zero-order valence-electron chi connectivity index (χ0n) is 16.7. The molecule has 29 heavy (non-hydrogen) atoms. The second-order valence-corrected chi connectivity index (χ2v) is 7.20. The fourth-order valence-corrected chi connectivity index (χ4v) is 3.01. The van der Waals surface area contributed by atoms with E-state index in [1.807, 2.05) is 81.4 Å². The molecule has 5 nitrogen and oxygen atoms in total. The smallest absolute Gasteiger partial charge is 0.268 e. The van der Waals surface area contributed by atoms with E-state index in [-0.39, 0.29) is 5.56 Å². The molecule has 0 bridgehead atoms. The van der Waals surface area contributed by atoms with Gasteiger partial charge in [-0.15, -0.1) is 0 Å². The van der Waals surface area contributed by atoms with E-state index in [0.717, 1.165) is 22.5 Å². The van der Waals surface area contributed by atoms with Crippen molar-refractivity contribution in [3.05, 3.63) is 99.5 Å². The average molecular weight is 382 g/mol. The van der Waals surface area contributed by atoms with Crippen LogP contribution in [-0.4, -0.2) is 15.6 Å². The fraction of sp³-hybridized carbons (Fsp3) is 0.125. The number of aliphatic imine (C=N–C) groups is 1. The number of aryl methyl sites for hydroxylation is 3. The molecule has 5 heteroatoms. The summed E-state index contributed by atoms with van der Waals surface area (Å²) in [5.41, 5.74) is 5.80. The summed E-state index contributed by atoms with van der Waals surface area (Å²) in [4.78, 5) is 22.4. The molecule has 0 fully saturated rings. The molecule has 0 aliphatic heterocycles. The third-order valence-electron chi connectivity index (χ3n) is 4.70.